The molecule has 0 radical (unpaired) electrons. The molecule has 0 N–H and O–H groups in total. The van der Waals surface area contributed by atoms with Crippen LogP contribution in [0, 0.1) is 0 Å². The van der Waals surface area contributed by atoms with E-state index in [1.54, 1.807) is 24.3 Å². The average molecular weight is 312 g/mol. The molecule has 4 heteroatoms. The molecule has 1 atom stereocenters. The first-order valence-electron chi connectivity index (χ1n) is 7.87. The normalized spacial score (nSPS) is 17.0. The Labute approximate surface area is 136 Å². The summed E-state index contributed by atoms with van der Waals surface area (Å²) in [5.74, 6) is 0.402. The van der Waals surface area contributed by atoms with Gasteiger partial charge in [0.15, 0.2) is 0 Å². The van der Waals surface area contributed by atoms with Crippen molar-refractivity contribution < 1.29 is 19.0 Å². The van der Waals surface area contributed by atoms with Crippen molar-refractivity contribution in [1.29, 1.82) is 0 Å². The van der Waals surface area contributed by atoms with Gasteiger partial charge in [-0.25, -0.2) is 4.79 Å². The van der Waals surface area contributed by atoms with Crippen molar-refractivity contribution in [3.8, 4) is 5.75 Å². The van der Waals surface area contributed by atoms with Crippen molar-refractivity contribution in [2.45, 2.75) is 25.6 Å². The summed E-state index contributed by atoms with van der Waals surface area (Å²) in [7, 11) is 0. The Balaban J connectivity index is 1.48. The van der Waals surface area contributed by atoms with E-state index >= 15 is 0 Å². The van der Waals surface area contributed by atoms with Gasteiger partial charge in [-0.05, 0) is 42.7 Å². The van der Waals surface area contributed by atoms with E-state index in [0.29, 0.717) is 12.2 Å². The SMILES string of the molecule is O=C(OCc1ccccc1)c1ccc(OCC2CCCO2)cc1. The van der Waals surface area contributed by atoms with E-state index in [1.807, 2.05) is 30.3 Å². The smallest absolute Gasteiger partial charge is 0.338 e. The molecule has 0 spiro atoms. The van der Waals surface area contributed by atoms with Crippen molar-refractivity contribution in [2.24, 2.45) is 0 Å². The Morgan fingerprint density at radius 2 is 1.87 bits per heavy atom. The van der Waals surface area contributed by atoms with Gasteiger partial charge in [0.1, 0.15) is 19.0 Å². The van der Waals surface area contributed by atoms with Crippen LogP contribution in [0.4, 0.5) is 0 Å². The van der Waals surface area contributed by atoms with Crippen LogP contribution in [-0.4, -0.2) is 25.3 Å². The lowest BCUT2D eigenvalue weighted by Gasteiger charge is -2.11. The molecule has 2 aromatic rings. The number of hydrogen-bond donors (Lipinski definition) is 0. The van der Waals surface area contributed by atoms with Gasteiger partial charge in [-0.1, -0.05) is 30.3 Å². The fraction of sp³-hybridized carbons (Fsp3) is 0.316. The molecule has 0 aromatic heterocycles. The topological polar surface area (TPSA) is 44.8 Å². The number of ether oxygens (including phenoxy) is 3. The number of carbonyl (C=O) groups excluding carboxylic acids is 1. The molecular weight excluding hydrogens is 292 g/mol. The van der Waals surface area contributed by atoms with E-state index < -0.39 is 0 Å². The summed E-state index contributed by atoms with van der Waals surface area (Å²) >= 11 is 0. The number of esters is 1. The molecule has 1 heterocycles. The molecule has 23 heavy (non-hydrogen) atoms. The first-order valence-corrected chi connectivity index (χ1v) is 7.87. The minimum absolute atomic E-state index is 0.186. The van der Waals surface area contributed by atoms with Gasteiger partial charge >= 0.3 is 5.97 Å². The van der Waals surface area contributed by atoms with Crippen LogP contribution in [0.5, 0.6) is 5.75 Å². The molecule has 3 rings (SSSR count). The molecule has 1 saturated heterocycles. The third-order valence-electron chi connectivity index (χ3n) is 3.76. The highest BCUT2D eigenvalue weighted by molar-refractivity contribution is 5.89. The summed E-state index contributed by atoms with van der Waals surface area (Å²) in [6, 6.07) is 16.6. The Morgan fingerprint density at radius 3 is 2.57 bits per heavy atom. The van der Waals surface area contributed by atoms with Crippen molar-refractivity contribution in [3.63, 3.8) is 0 Å². The first-order chi connectivity index (χ1) is 11.3. The second kappa shape index (κ2) is 7.79. The predicted molar refractivity (Wildman–Crippen MR) is 86.5 cm³/mol. The molecular formula is C19H20O4. The van der Waals surface area contributed by atoms with Crippen molar-refractivity contribution >= 4 is 5.97 Å². The second-order valence-electron chi connectivity index (χ2n) is 5.53. The zero-order valence-corrected chi connectivity index (χ0v) is 12.9. The van der Waals surface area contributed by atoms with Crippen LogP contribution in [0.3, 0.4) is 0 Å². The Hall–Kier alpha value is -2.33. The van der Waals surface area contributed by atoms with Gasteiger partial charge in [0.25, 0.3) is 0 Å². The van der Waals surface area contributed by atoms with Gasteiger partial charge in [-0.2, -0.15) is 0 Å². The predicted octanol–water partition coefficient (Wildman–Crippen LogP) is 3.60. The maximum atomic E-state index is 12.0. The Bertz CT molecular complexity index is 616. The monoisotopic (exact) mass is 312 g/mol. The molecule has 1 aliphatic rings. The maximum absolute atomic E-state index is 12.0. The highest BCUT2D eigenvalue weighted by Crippen LogP contribution is 2.17. The van der Waals surface area contributed by atoms with Gasteiger partial charge in [-0.15, -0.1) is 0 Å². The molecule has 1 fully saturated rings. The molecule has 0 bridgehead atoms. The maximum Gasteiger partial charge on any atom is 0.338 e. The molecule has 1 unspecified atom stereocenters. The molecule has 0 saturated carbocycles. The summed E-state index contributed by atoms with van der Waals surface area (Å²) in [6.07, 6.45) is 2.33. The number of hydrogen-bond acceptors (Lipinski definition) is 4. The summed E-state index contributed by atoms with van der Waals surface area (Å²) in [5.41, 5.74) is 1.49. The third-order valence-corrected chi connectivity index (χ3v) is 3.76. The highest BCUT2D eigenvalue weighted by atomic mass is 16.5. The van der Waals surface area contributed by atoms with E-state index in [9.17, 15) is 4.79 Å². The van der Waals surface area contributed by atoms with Crippen LogP contribution in [0.1, 0.15) is 28.8 Å². The molecule has 0 amide bonds. The first kappa shape index (κ1) is 15.6. The van der Waals surface area contributed by atoms with Gasteiger partial charge in [0, 0.05) is 6.61 Å². The second-order valence-corrected chi connectivity index (χ2v) is 5.53. The van der Waals surface area contributed by atoms with Crippen molar-refractivity contribution in [3.05, 3.63) is 65.7 Å². The summed E-state index contributed by atoms with van der Waals surface area (Å²) in [6.45, 7) is 1.65. The van der Waals surface area contributed by atoms with Crippen LogP contribution in [0.25, 0.3) is 0 Å². The number of carbonyl (C=O) groups is 1. The van der Waals surface area contributed by atoms with Gasteiger partial charge in [-0.3, -0.25) is 0 Å². The van der Waals surface area contributed by atoms with Crippen molar-refractivity contribution in [2.75, 3.05) is 13.2 Å². The van der Waals surface area contributed by atoms with E-state index in [-0.39, 0.29) is 18.7 Å². The lowest BCUT2D eigenvalue weighted by atomic mass is 10.2. The molecule has 4 nitrogen and oxygen atoms in total. The summed E-state index contributed by atoms with van der Waals surface area (Å²) < 4.78 is 16.5. The van der Waals surface area contributed by atoms with Crippen LogP contribution < -0.4 is 4.74 Å². The fourth-order valence-corrected chi connectivity index (χ4v) is 2.46. The largest absolute Gasteiger partial charge is 0.491 e. The molecule has 2 aromatic carbocycles. The van der Waals surface area contributed by atoms with E-state index in [0.717, 1.165) is 30.8 Å². The van der Waals surface area contributed by atoms with Crippen LogP contribution >= 0.6 is 0 Å². The fourth-order valence-electron chi connectivity index (χ4n) is 2.46. The Morgan fingerprint density at radius 1 is 1.09 bits per heavy atom. The average Bonchev–Trinajstić information content (AvgIpc) is 3.13. The quantitative estimate of drug-likeness (QED) is 0.765. The van der Waals surface area contributed by atoms with Crippen LogP contribution in [0.15, 0.2) is 54.6 Å². The number of rotatable bonds is 6. The van der Waals surface area contributed by atoms with Gasteiger partial charge in [0.2, 0.25) is 0 Å². The minimum Gasteiger partial charge on any atom is -0.491 e. The lowest BCUT2D eigenvalue weighted by molar-refractivity contribution is 0.0472. The summed E-state index contributed by atoms with van der Waals surface area (Å²) in [4.78, 5) is 12.0. The Kier molecular flexibility index (Phi) is 5.27. The highest BCUT2D eigenvalue weighted by Gasteiger charge is 2.16. The van der Waals surface area contributed by atoms with E-state index in [1.165, 1.54) is 0 Å². The molecule has 0 aliphatic carbocycles. The standard InChI is InChI=1S/C19H20O4/c20-19(23-13-15-5-2-1-3-6-15)16-8-10-17(11-9-16)22-14-18-7-4-12-21-18/h1-3,5-6,8-11,18H,4,7,12-14H2. The third kappa shape index (κ3) is 4.57. The van der Waals surface area contributed by atoms with Crippen molar-refractivity contribution in [1.82, 2.24) is 0 Å². The summed E-state index contributed by atoms with van der Waals surface area (Å²) in [5, 5.41) is 0. The van der Waals surface area contributed by atoms with Crippen LogP contribution in [-0.2, 0) is 16.1 Å². The lowest BCUT2D eigenvalue weighted by Crippen LogP contribution is -2.16. The van der Waals surface area contributed by atoms with Gasteiger partial charge < -0.3 is 14.2 Å². The molecule has 120 valence electrons. The number of benzene rings is 2. The molecule has 1 aliphatic heterocycles. The van der Waals surface area contributed by atoms with E-state index in [2.05, 4.69) is 0 Å². The zero-order chi connectivity index (χ0) is 15.9. The van der Waals surface area contributed by atoms with Gasteiger partial charge in [0.05, 0.1) is 11.7 Å². The van der Waals surface area contributed by atoms with E-state index in [4.69, 9.17) is 14.2 Å². The van der Waals surface area contributed by atoms with Crippen LogP contribution in [0.2, 0.25) is 0 Å². The minimum atomic E-state index is -0.334. The zero-order valence-electron chi connectivity index (χ0n) is 12.9.